The standard InChI is InChI=1S/C20H14F3N5O2/c21-12-1-3-14(15(22)7-12)18-9-25-20(30-18)6-5-19(29)27-13-2-4-17(16(23)8-13)28-11-24-10-26-28/h1-4,7-11H,5-6H2,(H,27,29). The Bertz CT molecular complexity index is 1190. The van der Waals surface area contributed by atoms with Crippen molar-refractivity contribution in [1.82, 2.24) is 19.7 Å². The van der Waals surface area contributed by atoms with Crippen LogP contribution in [0.2, 0.25) is 0 Å². The maximum Gasteiger partial charge on any atom is 0.224 e. The van der Waals surface area contributed by atoms with E-state index in [0.717, 1.165) is 12.1 Å². The largest absolute Gasteiger partial charge is 0.441 e. The van der Waals surface area contributed by atoms with Crippen molar-refractivity contribution < 1.29 is 22.4 Å². The average molecular weight is 413 g/mol. The molecule has 0 aliphatic rings. The molecule has 0 saturated carbocycles. The monoisotopic (exact) mass is 413 g/mol. The summed E-state index contributed by atoms with van der Waals surface area (Å²) in [4.78, 5) is 19.9. The van der Waals surface area contributed by atoms with Crippen LogP contribution >= 0.6 is 0 Å². The number of carbonyl (C=O) groups excluding carboxylic acids is 1. The highest BCUT2D eigenvalue weighted by Gasteiger charge is 2.14. The normalized spacial score (nSPS) is 10.9. The van der Waals surface area contributed by atoms with E-state index in [4.69, 9.17) is 4.42 Å². The first kappa shape index (κ1) is 19.4. The molecule has 7 nitrogen and oxygen atoms in total. The molecule has 2 aromatic carbocycles. The molecule has 0 unspecified atom stereocenters. The number of benzene rings is 2. The molecular formula is C20H14F3N5O2. The van der Waals surface area contributed by atoms with Crippen LogP contribution in [0.25, 0.3) is 17.0 Å². The molecular weight excluding hydrogens is 399 g/mol. The Morgan fingerprint density at radius 3 is 2.70 bits per heavy atom. The molecule has 0 aliphatic carbocycles. The summed E-state index contributed by atoms with van der Waals surface area (Å²) in [6.07, 6.45) is 4.11. The first-order chi connectivity index (χ1) is 14.5. The highest BCUT2D eigenvalue weighted by molar-refractivity contribution is 5.90. The number of carbonyl (C=O) groups is 1. The van der Waals surface area contributed by atoms with Gasteiger partial charge in [0.2, 0.25) is 5.91 Å². The molecule has 10 heteroatoms. The van der Waals surface area contributed by atoms with Crippen LogP contribution in [0.5, 0.6) is 0 Å². The van der Waals surface area contributed by atoms with Crippen LogP contribution in [0.1, 0.15) is 12.3 Å². The number of nitrogens with one attached hydrogen (secondary N) is 1. The summed E-state index contributed by atoms with van der Waals surface area (Å²) in [5.41, 5.74) is 0.552. The smallest absolute Gasteiger partial charge is 0.224 e. The molecule has 0 radical (unpaired) electrons. The van der Waals surface area contributed by atoms with Crippen molar-refractivity contribution in [3.8, 4) is 17.0 Å². The van der Waals surface area contributed by atoms with Crippen LogP contribution in [0.3, 0.4) is 0 Å². The van der Waals surface area contributed by atoms with E-state index in [1.54, 1.807) is 6.07 Å². The maximum atomic E-state index is 14.2. The van der Waals surface area contributed by atoms with Crippen LogP contribution in [0.15, 0.2) is 59.7 Å². The lowest BCUT2D eigenvalue weighted by molar-refractivity contribution is -0.116. The van der Waals surface area contributed by atoms with Gasteiger partial charge >= 0.3 is 0 Å². The van der Waals surface area contributed by atoms with E-state index in [9.17, 15) is 18.0 Å². The fourth-order valence-electron chi connectivity index (χ4n) is 2.79. The van der Waals surface area contributed by atoms with Gasteiger partial charge in [-0.2, -0.15) is 5.10 Å². The molecule has 0 aliphatic heterocycles. The van der Waals surface area contributed by atoms with Gasteiger partial charge in [0.25, 0.3) is 0 Å². The molecule has 0 atom stereocenters. The number of anilines is 1. The number of nitrogens with zero attached hydrogens (tertiary/aromatic N) is 4. The summed E-state index contributed by atoms with van der Waals surface area (Å²) in [5.74, 6) is -2.07. The van der Waals surface area contributed by atoms with Crippen molar-refractivity contribution in [3.05, 3.63) is 78.6 Å². The van der Waals surface area contributed by atoms with Crippen molar-refractivity contribution >= 4 is 11.6 Å². The molecule has 1 amide bonds. The van der Waals surface area contributed by atoms with Crippen LogP contribution in [-0.4, -0.2) is 25.7 Å². The molecule has 4 rings (SSSR count). The first-order valence-electron chi connectivity index (χ1n) is 8.84. The Kier molecular flexibility index (Phi) is 5.29. The van der Waals surface area contributed by atoms with Gasteiger partial charge in [-0.1, -0.05) is 0 Å². The van der Waals surface area contributed by atoms with Gasteiger partial charge in [0, 0.05) is 24.6 Å². The van der Waals surface area contributed by atoms with Crippen molar-refractivity contribution in [2.45, 2.75) is 12.8 Å². The zero-order chi connectivity index (χ0) is 21.1. The Labute approximate surface area is 168 Å². The maximum absolute atomic E-state index is 14.2. The zero-order valence-electron chi connectivity index (χ0n) is 15.3. The van der Waals surface area contributed by atoms with Gasteiger partial charge in [-0.15, -0.1) is 0 Å². The lowest BCUT2D eigenvalue weighted by Crippen LogP contribution is -2.13. The lowest BCUT2D eigenvalue weighted by Gasteiger charge is -2.07. The average Bonchev–Trinajstić information content (AvgIpc) is 3.39. The highest BCUT2D eigenvalue weighted by Crippen LogP contribution is 2.24. The number of amides is 1. The van der Waals surface area contributed by atoms with Gasteiger partial charge in [-0.05, 0) is 30.3 Å². The highest BCUT2D eigenvalue weighted by atomic mass is 19.1. The molecule has 0 bridgehead atoms. The van der Waals surface area contributed by atoms with E-state index < -0.39 is 17.5 Å². The second-order valence-corrected chi connectivity index (χ2v) is 6.30. The van der Waals surface area contributed by atoms with E-state index in [1.807, 2.05) is 0 Å². The van der Waals surface area contributed by atoms with Gasteiger partial charge in [0.1, 0.15) is 30.0 Å². The minimum atomic E-state index is -0.771. The van der Waals surface area contributed by atoms with E-state index in [1.165, 1.54) is 41.7 Å². The molecule has 0 spiro atoms. The van der Waals surface area contributed by atoms with Crippen molar-refractivity contribution in [2.24, 2.45) is 0 Å². The number of halogens is 3. The molecule has 2 aromatic heterocycles. The van der Waals surface area contributed by atoms with Gasteiger partial charge < -0.3 is 9.73 Å². The predicted molar refractivity (Wildman–Crippen MR) is 100 cm³/mol. The zero-order valence-corrected chi connectivity index (χ0v) is 15.3. The Hall–Kier alpha value is -3.95. The molecule has 0 fully saturated rings. The molecule has 2 heterocycles. The number of oxazole rings is 1. The summed E-state index contributed by atoms with van der Waals surface area (Å²) in [7, 11) is 0. The second-order valence-electron chi connectivity index (χ2n) is 6.30. The first-order valence-corrected chi connectivity index (χ1v) is 8.84. The Morgan fingerprint density at radius 2 is 1.97 bits per heavy atom. The van der Waals surface area contributed by atoms with E-state index in [0.29, 0.717) is 0 Å². The minimum Gasteiger partial charge on any atom is -0.441 e. The van der Waals surface area contributed by atoms with Crippen molar-refractivity contribution in [3.63, 3.8) is 0 Å². The number of aryl methyl sites for hydroxylation is 1. The van der Waals surface area contributed by atoms with Gasteiger partial charge in [0.05, 0.1) is 11.8 Å². The fourth-order valence-corrected chi connectivity index (χ4v) is 2.79. The van der Waals surface area contributed by atoms with Gasteiger partial charge in [-0.3, -0.25) is 4.79 Å². The molecule has 1 N–H and O–H groups in total. The third kappa shape index (κ3) is 4.22. The minimum absolute atomic E-state index is 0.0122. The van der Waals surface area contributed by atoms with Crippen LogP contribution in [-0.2, 0) is 11.2 Å². The third-order valence-corrected chi connectivity index (χ3v) is 4.21. The van der Waals surface area contributed by atoms with Gasteiger partial charge in [-0.25, -0.2) is 27.8 Å². The van der Waals surface area contributed by atoms with E-state index >= 15 is 0 Å². The van der Waals surface area contributed by atoms with Crippen LogP contribution in [0.4, 0.5) is 18.9 Å². The lowest BCUT2D eigenvalue weighted by atomic mass is 10.2. The van der Waals surface area contributed by atoms with Crippen LogP contribution in [0, 0.1) is 17.5 Å². The SMILES string of the molecule is O=C(CCc1ncc(-c2ccc(F)cc2F)o1)Nc1ccc(-n2cncn2)c(F)c1. The number of aromatic nitrogens is 4. The van der Waals surface area contributed by atoms with Crippen LogP contribution < -0.4 is 5.32 Å². The molecule has 152 valence electrons. The van der Waals surface area contributed by atoms with E-state index in [-0.39, 0.29) is 47.3 Å². The quantitative estimate of drug-likeness (QED) is 0.518. The molecule has 4 aromatic rings. The Balaban J connectivity index is 1.36. The second kappa shape index (κ2) is 8.19. The summed E-state index contributed by atoms with van der Waals surface area (Å²) in [6.45, 7) is 0. The summed E-state index contributed by atoms with van der Waals surface area (Å²) in [5, 5.41) is 6.44. The Morgan fingerprint density at radius 1 is 1.10 bits per heavy atom. The van der Waals surface area contributed by atoms with Crippen molar-refractivity contribution in [2.75, 3.05) is 5.32 Å². The predicted octanol–water partition coefficient (Wildman–Crippen LogP) is 3.91. The third-order valence-electron chi connectivity index (χ3n) is 4.21. The van der Waals surface area contributed by atoms with Crippen molar-refractivity contribution in [1.29, 1.82) is 0 Å². The summed E-state index contributed by atoms with van der Waals surface area (Å²) in [6, 6.07) is 7.30. The number of hydrogen-bond donors (Lipinski definition) is 1. The molecule has 0 saturated heterocycles. The van der Waals surface area contributed by atoms with E-state index in [2.05, 4.69) is 20.4 Å². The number of rotatable bonds is 6. The fraction of sp³-hybridized carbons (Fsp3) is 0.100. The summed E-state index contributed by atoms with van der Waals surface area (Å²) >= 11 is 0. The number of hydrogen-bond acceptors (Lipinski definition) is 5. The van der Waals surface area contributed by atoms with Gasteiger partial charge in [0.15, 0.2) is 17.5 Å². The topological polar surface area (TPSA) is 85.8 Å². The molecule has 30 heavy (non-hydrogen) atoms. The summed E-state index contributed by atoms with van der Waals surface area (Å²) < 4.78 is 47.8.